The molecule has 1 N–H and O–H groups in total. The molecule has 0 fully saturated rings. The highest BCUT2D eigenvalue weighted by atomic mass is 79.9. The van der Waals surface area contributed by atoms with Gasteiger partial charge in [-0.1, -0.05) is 36.2 Å². The first-order valence-corrected chi connectivity index (χ1v) is 7.58. The molecule has 0 saturated heterocycles. The summed E-state index contributed by atoms with van der Waals surface area (Å²) in [6.45, 7) is 2.89. The molecule has 1 aromatic heterocycles. The Labute approximate surface area is 131 Å². The Balaban J connectivity index is 2.26. The SMILES string of the molecule is CCNC(Cc1c(Cl)cccc1Cl)c1ccc(Br)o1. The minimum atomic E-state index is 0.0497. The second-order valence-corrected chi connectivity index (χ2v) is 5.75. The van der Waals surface area contributed by atoms with Crippen molar-refractivity contribution in [2.24, 2.45) is 0 Å². The van der Waals surface area contributed by atoms with Crippen molar-refractivity contribution in [3.8, 4) is 0 Å². The Kier molecular flexibility index (Phi) is 5.34. The Morgan fingerprint density at radius 2 is 1.89 bits per heavy atom. The van der Waals surface area contributed by atoms with Crippen LogP contribution >= 0.6 is 39.1 Å². The first kappa shape index (κ1) is 14.9. The van der Waals surface area contributed by atoms with Crippen molar-refractivity contribution in [3.05, 3.63) is 56.4 Å². The molecule has 0 amide bonds. The zero-order valence-corrected chi connectivity index (χ0v) is 13.5. The summed E-state index contributed by atoms with van der Waals surface area (Å²) >= 11 is 15.7. The lowest BCUT2D eigenvalue weighted by Gasteiger charge is -2.17. The third-order valence-corrected chi connectivity index (χ3v) is 3.99. The van der Waals surface area contributed by atoms with Crippen LogP contribution in [0.1, 0.15) is 24.3 Å². The standard InChI is InChI=1S/C14H14BrCl2NO/c1-2-18-12(13-6-7-14(15)19-13)8-9-10(16)4-3-5-11(9)17/h3-7,12,18H,2,8H2,1H3. The van der Waals surface area contributed by atoms with Gasteiger partial charge in [0, 0.05) is 10.0 Å². The first-order chi connectivity index (χ1) is 9.11. The van der Waals surface area contributed by atoms with Gasteiger partial charge in [-0.2, -0.15) is 0 Å². The molecule has 1 heterocycles. The van der Waals surface area contributed by atoms with E-state index >= 15 is 0 Å². The third-order valence-electron chi connectivity index (χ3n) is 2.86. The highest BCUT2D eigenvalue weighted by Gasteiger charge is 2.18. The highest BCUT2D eigenvalue weighted by molar-refractivity contribution is 9.10. The highest BCUT2D eigenvalue weighted by Crippen LogP contribution is 2.30. The van der Waals surface area contributed by atoms with E-state index in [1.165, 1.54) is 0 Å². The molecule has 0 radical (unpaired) electrons. The molecule has 5 heteroatoms. The molecule has 1 aromatic carbocycles. The zero-order valence-electron chi connectivity index (χ0n) is 10.4. The molecule has 1 unspecified atom stereocenters. The molecule has 19 heavy (non-hydrogen) atoms. The predicted molar refractivity (Wildman–Crippen MR) is 83.0 cm³/mol. The van der Waals surface area contributed by atoms with Crippen LogP contribution in [-0.2, 0) is 6.42 Å². The maximum atomic E-state index is 6.21. The van der Waals surface area contributed by atoms with E-state index in [-0.39, 0.29) is 6.04 Å². The van der Waals surface area contributed by atoms with Crippen LogP contribution < -0.4 is 5.32 Å². The van der Waals surface area contributed by atoms with Gasteiger partial charge in [0.05, 0.1) is 6.04 Å². The fraction of sp³-hybridized carbons (Fsp3) is 0.286. The minimum Gasteiger partial charge on any atom is -0.453 e. The van der Waals surface area contributed by atoms with Gasteiger partial charge in [-0.15, -0.1) is 0 Å². The van der Waals surface area contributed by atoms with E-state index in [1.807, 2.05) is 30.3 Å². The third kappa shape index (κ3) is 3.76. The Bertz CT molecular complexity index is 536. The van der Waals surface area contributed by atoms with Crippen molar-refractivity contribution in [3.63, 3.8) is 0 Å². The Morgan fingerprint density at radius 1 is 1.21 bits per heavy atom. The smallest absolute Gasteiger partial charge is 0.169 e. The molecule has 0 spiro atoms. The number of rotatable bonds is 5. The monoisotopic (exact) mass is 361 g/mol. The summed E-state index contributed by atoms with van der Waals surface area (Å²) in [6.07, 6.45) is 0.687. The van der Waals surface area contributed by atoms with Crippen LogP contribution in [0, 0.1) is 0 Å². The van der Waals surface area contributed by atoms with E-state index in [0.29, 0.717) is 16.5 Å². The quantitative estimate of drug-likeness (QED) is 0.786. The van der Waals surface area contributed by atoms with Gasteiger partial charge in [0.1, 0.15) is 5.76 Å². The zero-order chi connectivity index (χ0) is 13.8. The number of nitrogens with one attached hydrogen (secondary N) is 1. The summed E-state index contributed by atoms with van der Waals surface area (Å²) in [4.78, 5) is 0. The molecule has 0 saturated carbocycles. The average molecular weight is 363 g/mol. The molecular weight excluding hydrogens is 349 g/mol. The summed E-state index contributed by atoms with van der Waals surface area (Å²) in [5, 5.41) is 4.75. The van der Waals surface area contributed by atoms with E-state index in [2.05, 4.69) is 28.2 Å². The maximum absolute atomic E-state index is 6.21. The fourth-order valence-corrected chi connectivity index (χ4v) is 2.84. The van der Waals surface area contributed by atoms with Gasteiger partial charge >= 0.3 is 0 Å². The summed E-state index contributed by atoms with van der Waals surface area (Å²) in [5.41, 5.74) is 0.935. The van der Waals surface area contributed by atoms with Crippen molar-refractivity contribution >= 4 is 39.1 Å². The van der Waals surface area contributed by atoms with Crippen LogP contribution in [0.2, 0.25) is 10.0 Å². The molecule has 0 aliphatic heterocycles. The topological polar surface area (TPSA) is 25.2 Å². The lowest BCUT2D eigenvalue weighted by molar-refractivity contribution is 0.405. The number of hydrogen-bond acceptors (Lipinski definition) is 2. The normalized spacial score (nSPS) is 12.6. The molecule has 0 aliphatic rings. The van der Waals surface area contributed by atoms with Crippen LogP contribution in [0.3, 0.4) is 0 Å². The molecule has 2 aromatic rings. The predicted octanol–water partition coefficient (Wildman–Crippen LogP) is 5.24. The van der Waals surface area contributed by atoms with E-state index < -0.39 is 0 Å². The van der Waals surface area contributed by atoms with Crippen LogP contribution in [0.5, 0.6) is 0 Å². The van der Waals surface area contributed by atoms with Gasteiger partial charge in [-0.25, -0.2) is 0 Å². The average Bonchev–Trinajstić information content (AvgIpc) is 2.79. The number of likely N-dealkylation sites (N-methyl/N-ethyl adjacent to an activating group) is 1. The van der Waals surface area contributed by atoms with Gasteiger partial charge in [0.2, 0.25) is 0 Å². The number of hydrogen-bond donors (Lipinski definition) is 1. The van der Waals surface area contributed by atoms with E-state index in [4.69, 9.17) is 27.6 Å². The van der Waals surface area contributed by atoms with Crippen molar-refractivity contribution in [2.75, 3.05) is 6.54 Å². The van der Waals surface area contributed by atoms with Gasteiger partial charge in [0.15, 0.2) is 4.67 Å². The summed E-state index contributed by atoms with van der Waals surface area (Å²) < 4.78 is 6.34. The lowest BCUT2D eigenvalue weighted by Crippen LogP contribution is -2.22. The van der Waals surface area contributed by atoms with E-state index in [1.54, 1.807) is 0 Å². The summed E-state index contributed by atoms with van der Waals surface area (Å²) in [6, 6.07) is 9.43. The lowest BCUT2D eigenvalue weighted by atomic mass is 10.0. The second kappa shape index (κ2) is 6.80. The largest absolute Gasteiger partial charge is 0.453 e. The van der Waals surface area contributed by atoms with Crippen LogP contribution in [0.15, 0.2) is 39.4 Å². The van der Waals surface area contributed by atoms with Crippen LogP contribution in [-0.4, -0.2) is 6.54 Å². The van der Waals surface area contributed by atoms with Gasteiger partial charge in [0.25, 0.3) is 0 Å². The van der Waals surface area contributed by atoms with Crippen molar-refractivity contribution in [1.29, 1.82) is 0 Å². The van der Waals surface area contributed by atoms with Crippen molar-refractivity contribution in [1.82, 2.24) is 5.32 Å². The van der Waals surface area contributed by atoms with Crippen molar-refractivity contribution < 1.29 is 4.42 Å². The first-order valence-electron chi connectivity index (χ1n) is 6.03. The maximum Gasteiger partial charge on any atom is 0.169 e. The Morgan fingerprint density at radius 3 is 2.42 bits per heavy atom. The van der Waals surface area contributed by atoms with Crippen molar-refractivity contribution in [2.45, 2.75) is 19.4 Å². The molecule has 0 bridgehead atoms. The minimum absolute atomic E-state index is 0.0497. The molecule has 2 nitrogen and oxygen atoms in total. The van der Waals surface area contributed by atoms with Crippen LogP contribution in [0.25, 0.3) is 0 Å². The molecule has 2 rings (SSSR count). The van der Waals surface area contributed by atoms with Gasteiger partial charge < -0.3 is 9.73 Å². The Hall–Kier alpha value is -0.480. The van der Waals surface area contributed by atoms with Gasteiger partial charge in [-0.3, -0.25) is 0 Å². The second-order valence-electron chi connectivity index (χ2n) is 4.16. The molecular formula is C14H14BrCl2NO. The number of benzene rings is 1. The van der Waals surface area contributed by atoms with E-state index in [9.17, 15) is 0 Å². The fourth-order valence-electron chi connectivity index (χ4n) is 1.97. The number of halogens is 3. The number of furan rings is 1. The van der Waals surface area contributed by atoms with Gasteiger partial charge in [-0.05, 0) is 58.7 Å². The summed E-state index contributed by atoms with van der Waals surface area (Å²) in [5.74, 6) is 0.865. The molecule has 0 aliphatic carbocycles. The molecule has 1 atom stereocenters. The van der Waals surface area contributed by atoms with Crippen LogP contribution in [0.4, 0.5) is 0 Å². The van der Waals surface area contributed by atoms with E-state index in [0.717, 1.165) is 22.5 Å². The molecule has 102 valence electrons. The summed E-state index contributed by atoms with van der Waals surface area (Å²) in [7, 11) is 0.